The number of benzene rings is 1. The van der Waals surface area contributed by atoms with E-state index in [1.807, 2.05) is 24.3 Å². The fourth-order valence-electron chi connectivity index (χ4n) is 3.04. The van der Waals surface area contributed by atoms with Gasteiger partial charge in [-0.1, -0.05) is 31.4 Å². The van der Waals surface area contributed by atoms with Gasteiger partial charge in [0.25, 0.3) is 0 Å². The molecule has 1 aromatic carbocycles. The first-order valence-electron chi connectivity index (χ1n) is 7.32. The van der Waals surface area contributed by atoms with Crippen LogP contribution in [0.4, 0.5) is 5.69 Å². The summed E-state index contributed by atoms with van der Waals surface area (Å²) in [4.78, 5) is 12.3. The highest BCUT2D eigenvalue weighted by atomic mass is 16.5. The van der Waals surface area contributed by atoms with Crippen molar-refractivity contribution in [1.82, 2.24) is 0 Å². The maximum atomic E-state index is 12.3. The Bertz CT molecular complexity index is 454. The molecule has 0 saturated heterocycles. The number of hydrogen-bond acceptors (Lipinski definition) is 3. The first kappa shape index (κ1) is 14.9. The molecule has 0 atom stereocenters. The second-order valence-electron chi connectivity index (χ2n) is 5.69. The molecular weight excluding hydrogens is 252 g/mol. The van der Waals surface area contributed by atoms with Crippen LogP contribution in [0.3, 0.4) is 0 Å². The number of carbonyl (C=O) groups excluding carboxylic acids is 1. The van der Waals surface area contributed by atoms with Crippen LogP contribution in [0.2, 0.25) is 0 Å². The molecular formula is C16H24N2O2. The third-order valence-electron chi connectivity index (χ3n) is 4.26. The molecule has 3 N–H and O–H groups in total. The molecule has 1 fully saturated rings. The van der Waals surface area contributed by atoms with Crippen LogP contribution in [-0.2, 0) is 4.79 Å². The lowest BCUT2D eigenvalue weighted by Crippen LogP contribution is -2.36. The highest BCUT2D eigenvalue weighted by Crippen LogP contribution is 2.38. The van der Waals surface area contributed by atoms with E-state index in [2.05, 4.69) is 5.32 Å². The quantitative estimate of drug-likeness (QED) is 0.869. The molecule has 4 nitrogen and oxygen atoms in total. The van der Waals surface area contributed by atoms with E-state index < -0.39 is 0 Å². The smallest absolute Gasteiger partial charge is 0.225 e. The van der Waals surface area contributed by atoms with Crippen molar-refractivity contribution in [2.75, 3.05) is 19.0 Å². The number of nitrogens with one attached hydrogen (secondary N) is 1. The molecule has 0 radical (unpaired) electrons. The summed E-state index contributed by atoms with van der Waals surface area (Å²) in [5, 5.41) is 2.95. The van der Waals surface area contributed by atoms with E-state index >= 15 is 0 Å². The third-order valence-corrected chi connectivity index (χ3v) is 4.26. The molecule has 4 heteroatoms. The minimum Gasteiger partial charge on any atom is -0.495 e. The fraction of sp³-hybridized carbons (Fsp3) is 0.562. The SMILES string of the molecule is COc1ccccc1NC(=O)CC1(CN)CCCCC1. The highest BCUT2D eigenvalue weighted by molar-refractivity contribution is 5.92. The van der Waals surface area contributed by atoms with Crippen LogP contribution in [0.1, 0.15) is 38.5 Å². The zero-order valence-electron chi connectivity index (χ0n) is 12.2. The fourth-order valence-corrected chi connectivity index (χ4v) is 3.04. The van der Waals surface area contributed by atoms with Gasteiger partial charge in [0.1, 0.15) is 5.75 Å². The van der Waals surface area contributed by atoms with Gasteiger partial charge in [0.15, 0.2) is 0 Å². The van der Waals surface area contributed by atoms with Crippen LogP contribution in [0.25, 0.3) is 0 Å². The van der Waals surface area contributed by atoms with Crippen LogP contribution in [0.15, 0.2) is 24.3 Å². The maximum Gasteiger partial charge on any atom is 0.225 e. The molecule has 0 heterocycles. The number of amides is 1. The average molecular weight is 276 g/mol. The monoisotopic (exact) mass is 276 g/mol. The Balaban J connectivity index is 2.01. The summed E-state index contributed by atoms with van der Waals surface area (Å²) in [5.74, 6) is 0.716. The molecule has 0 bridgehead atoms. The average Bonchev–Trinajstić information content (AvgIpc) is 2.48. The Morgan fingerprint density at radius 2 is 2.00 bits per heavy atom. The Morgan fingerprint density at radius 3 is 2.65 bits per heavy atom. The Hall–Kier alpha value is -1.55. The lowest BCUT2D eigenvalue weighted by Gasteiger charge is -2.35. The molecule has 110 valence electrons. The van der Waals surface area contributed by atoms with E-state index in [-0.39, 0.29) is 11.3 Å². The number of hydrogen-bond donors (Lipinski definition) is 2. The minimum atomic E-state index is -0.00957. The lowest BCUT2D eigenvalue weighted by molar-refractivity contribution is -0.118. The molecule has 2 rings (SSSR count). The molecule has 0 aliphatic heterocycles. The van der Waals surface area contributed by atoms with Crippen molar-refractivity contribution >= 4 is 11.6 Å². The molecule has 1 saturated carbocycles. The van der Waals surface area contributed by atoms with E-state index in [4.69, 9.17) is 10.5 Å². The highest BCUT2D eigenvalue weighted by Gasteiger charge is 2.33. The molecule has 1 aromatic rings. The zero-order chi connectivity index (χ0) is 14.4. The van der Waals surface area contributed by atoms with Gasteiger partial charge in [-0.2, -0.15) is 0 Å². The predicted octanol–water partition coefficient (Wildman–Crippen LogP) is 2.93. The molecule has 0 aromatic heterocycles. The van der Waals surface area contributed by atoms with Crippen LogP contribution >= 0.6 is 0 Å². The van der Waals surface area contributed by atoms with Crippen LogP contribution < -0.4 is 15.8 Å². The normalized spacial score (nSPS) is 17.5. The predicted molar refractivity (Wildman–Crippen MR) is 80.8 cm³/mol. The van der Waals surface area contributed by atoms with Crippen LogP contribution in [-0.4, -0.2) is 19.6 Å². The summed E-state index contributed by atoms with van der Waals surface area (Å²) >= 11 is 0. The summed E-state index contributed by atoms with van der Waals surface area (Å²) in [5.41, 5.74) is 6.65. The number of anilines is 1. The molecule has 1 aliphatic carbocycles. The van der Waals surface area contributed by atoms with E-state index in [0.717, 1.165) is 18.5 Å². The molecule has 0 unspecified atom stereocenters. The van der Waals surface area contributed by atoms with Crippen molar-refractivity contribution in [1.29, 1.82) is 0 Å². The standard InChI is InChI=1S/C16H24N2O2/c1-20-14-8-4-3-7-13(14)18-15(19)11-16(12-17)9-5-2-6-10-16/h3-4,7-8H,2,5-6,9-12,17H2,1H3,(H,18,19). The van der Waals surface area contributed by atoms with Crippen molar-refractivity contribution in [3.05, 3.63) is 24.3 Å². The first-order chi connectivity index (χ1) is 9.69. The Kier molecular flexibility index (Phi) is 5.01. The topological polar surface area (TPSA) is 64.3 Å². The van der Waals surface area contributed by atoms with Crippen molar-refractivity contribution in [2.24, 2.45) is 11.1 Å². The number of methoxy groups -OCH3 is 1. The number of ether oxygens (including phenoxy) is 1. The van der Waals surface area contributed by atoms with Crippen LogP contribution in [0.5, 0.6) is 5.75 Å². The Labute approximate surface area is 120 Å². The second kappa shape index (κ2) is 6.75. The third kappa shape index (κ3) is 3.51. The van der Waals surface area contributed by atoms with Gasteiger partial charge >= 0.3 is 0 Å². The zero-order valence-corrected chi connectivity index (χ0v) is 12.2. The Morgan fingerprint density at radius 1 is 1.30 bits per heavy atom. The largest absolute Gasteiger partial charge is 0.495 e. The van der Waals surface area contributed by atoms with Gasteiger partial charge in [-0.05, 0) is 36.9 Å². The van der Waals surface area contributed by atoms with Gasteiger partial charge < -0.3 is 15.8 Å². The summed E-state index contributed by atoms with van der Waals surface area (Å²) in [6.45, 7) is 0.590. The number of para-hydroxylation sites is 2. The number of rotatable bonds is 5. The van der Waals surface area contributed by atoms with Gasteiger partial charge in [-0.25, -0.2) is 0 Å². The number of nitrogens with two attached hydrogens (primary N) is 1. The molecule has 0 spiro atoms. The minimum absolute atomic E-state index is 0.00957. The van der Waals surface area contributed by atoms with Crippen molar-refractivity contribution in [3.63, 3.8) is 0 Å². The van der Waals surface area contributed by atoms with Crippen molar-refractivity contribution in [3.8, 4) is 5.75 Å². The van der Waals surface area contributed by atoms with Gasteiger partial charge in [0.05, 0.1) is 12.8 Å². The van der Waals surface area contributed by atoms with E-state index in [1.165, 1.54) is 19.3 Å². The van der Waals surface area contributed by atoms with Gasteiger partial charge in [0, 0.05) is 6.42 Å². The van der Waals surface area contributed by atoms with Crippen molar-refractivity contribution < 1.29 is 9.53 Å². The summed E-state index contributed by atoms with van der Waals surface area (Å²) in [6, 6.07) is 7.47. The second-order valence-corrected chi connectivity index (χ2v) is 5.69. The summed E-state index contributed by atoms with van der Waals surface area (Å²) in [7, 11) is 1.60. The van der Waals surface area contributed by atoms with E-state index in [0.29, 0.717) is 18.7 Å². The van der Waals surface area contributed by atoms with Crippen LogP contribution in [0, 0.1) is 5.41 Å². The summed E-state index contributed by atoms with van der Waals surface area (Å²) < 4.78 is 5.25. The van der Waals surface area contributed by atoms with Crippen molar-refractivity contribution in [2.45, 2.75) is 38.5 Å². The molecule has 1 aliphatic rings. The van der Waals surface area contributed by atoms with E-state index in [1.54, 1.807) is 7.11 Å². The van der Waals surface area contributed by atoms with Gasteiger partial charge in [-0.15, -0.1) is 0 Å². The molecule has 20 heavy (non-hydrogen) atoms. The lowest BCUT2D eigenvalue weighted by atomic mass is 9.71. The molecule has 1 amide bonds. The maximum absolute atomic E-state index is 12.3. The number of carbonyl (C=O) groups is 1. The van der Waals surface area contributed by atoms with Gasteiger partial charge in [-0.3, -0.25) is 4.79 Å². The first-order valence-corrected chi connectivity index (χ1v) is 7.32. The summed E-state index contributed by atoms with van der Waals surface area (Å²) in [6.07, 6.45) is 6.24. The van der Waals surface area contributed by atoms with E-state index in [9.17, 15) is 4.79 Å². The van der Waals surface area contributed by atoms with Gasteiger partial charge in [0.2, 0.25) is 5.91 Å².